The molecule has 1 aliphatic heterocycles. The Balaban J connectivity index is 2.10. The first-order valence-corrected chi connectivity index (χ1v) is 6.03. The molecule has 0 atom stereocenters. The summed E-state index contributed by atoms with van der Waals surface area (Å²) in [4.78, 5) is 27.6. The van der Waals surface area contributed by atoms with Crippen molar-refractivity contribution in [3.05, 3.63) is 24.4 Å². The van der Waals surface area contributed by atoms with Crippen LogP contribution in [0, 0.1) is 0 Å². The van der Waals surface area contributed by atoms with Gasteiger partial charge in [-0.15, -0.1) is 0 Å². The number of hydrogen-bond donors (Lipinski definition) is 2. The lowest BCUT2D eigenvalue weighted by Crippen LogP contribution is -2.23. The summed E-state index contributed by atoms with van der Waals surface area (Å²) in [6.45, 7) is 0.860. The van der Waals surface area contributed by atoms with Crippen LogP contribution >= 0.6 is 0 Å². The molecule has 0 saturated carbocycles. The predicted octanol–water partition coefficient (Wildman–Crippen LogP) is 1.34. The summed E-state index contributed by atoms with van der Waals surface area (Å²) in [5.74, 6) is 0.424. The van der Waals surface area contributed by atoms with Crippen LogP contribution in [0.5, 0.6) is 0 Å². The van der Waals surface area contributed by atoms with Gasteiger partial charge in [-0.05, 0) is 23.6 Å². The minimum absolute atomic E-state index is 0.366. The van der Waals surface area contributed by atoms with Crippen LogP contribution in [0.3, 0.4) is 0 Å². The summed E-state index contributed by atoms with van der Waals surface area (Å²) in [5.41, 5.74) is 7.17. The smallest absolute Gasteiger partial charge is 0.414 e. The maximum Gasteiger partial charge on any atom is 0.414 e. The number of nitrogens with zero attached hydrogens (tertiary/aromatic N) is 2. The molecular weight excluding hydrogens is 260 g/mol. The van der Waals surface area contributed by atoms with E-state index in [0.717, 1.165) is 10.8 Å². The number of cyclic esters (lactones) is 1. The van der Waals surface area contributed by atoms with Crippen LogP contribution in [0.15, 0.2) is 24.4 Å². The first-order valence-electron chi connectivity index (χ1n) is 6.03. The lowest BCUT2D eigenvalue weighted by molar-refractivity contribution is -0.105. The summed E-state index contributed by atoms with van der Waals surface area (Å²) in [7, 11) is 0. The number of anilines is 3. The molecule has 3 N–H and O–H groups in total. The van der Waals surface area contributed by atoms with Gasteiger partial charge in [0.15, 0.2) is 0 Å². The van der Waals surface area contributed by atoms with Gasteiger partial charge in [-0.25, -0.2) is 9.78 Å². The van der Waals surface area contributed by atoms with Crippen LogP contribution in [-0.2, 0) is 9.53 Å². The summed E-state index contributed by atoms with van der Waals surface area (Å²) in [5, 5.41) is 4.03. The molecule has 3 rings (SSSR count). The Labute approximate surface area is 114 Å². The molecule has 102 valence electrons. The number of amides is 2. The second-order valence-electron chi connectivity index (χ2n) is 4.35. The molecule has 20 heavy (non-hydrogen) atoms. The Morgan fingerprint density at radius 3 is 2.95 bits per heavy atom. The number of nitrogens with two attached hydrogens (primary N) is 1. The molecule has 0 unspecified atom stereocenters. The number of carbonyl (C=O) groups is 2. The third-order valence-corrected chi connectivity index (χ3v) is 3.13. The van der Waals surface area contributed by atoms with Crippen LogP contribution in [0.2, 0.25) is 0 Å². The molecule has 2 heterocycles. The average molecular weight is 272 g/mol. The highest BCUT2D eigenvalue weighted by atomic mass is 16.6. The fourth-order valence-corrected chi connectivity index (χ4v) is 2.19. The predicted molar refractivity (Wildman–Crippen MR) is 74.5 cm³/mol. The Bertz CT molecular complexity index is 701. The molecule has 1 aliphatic rings. The normalized spacial score (nSPS) is 14.4. The van der Waals surface area contributed by atoms with Gasteiger partial charge in [0.05, 0.1) is 6.54 Å². The summed E-state index contributed by atoms with van der Waals surface area (Å²) in [6.07, 6.45) is 1.76. The molecular formula is C13H12N4O3. The average Bonchev–Trinajstić information content (AvgIpc) is 2.85. The molecule has 1 saturated heterocycles. The van der Waals surface area contributed by atoms with Crippen molar-refractivity contribution in [3.8, 4) is 0 Å². The number of benzene rings is 1. The van der Waals surface area contributed by atoms with E-state index in [1.54, 1.807) is 18.3 Å². The fourth-order valence-electron chi connectivity index (χ4n) is 2.19. The number of carbonyl (C=O) groups excluding carboxylic acids is 2. The van der Waals surface area contributed by atoms with E-state index in [1.165, 1.54) is 4.90 Å². The number of pyridine rings is 1. The molecule has 2 aromatic rings. The number of aromatic nitrogens is 1. The summed E-state index contributed by atoms with van der Waals surface area (Å²) >= 11 is 0. The SMILES string of the molecule is Nc1cc(N2CCOC2=O)cc2cc(NC=O)ncc12. The minimum Gasteiger partial charge on any atom is -0.447 e. The summed E-state index contributed by atoms with van der Waals surface area (Å²) < 4.78 is 4.91. The van der Waals surface area contributed by atoms with Gasteiger partial charge < -0.3 is 15.8 Å². The van der Waals surface area contributed by atoms with E-state index in [1.807, 2.05) is 6.07 Å². The molecule has 2 amide bonds. The zero-order valence-electron chi connectivity index (χ0n) is 10.5. The standard InChI is InChI=1S/C13H12N4O3/c14-11-5-9(17-1-2-20-13(17)19)3-8-4-12(16-7-18)15-6-10(8)11/h3-7H,1-2,14H2,(H,15,16,18). The number of nitrogens with one attached hydrogen (secondary N) is 1. The van der Waals surface area contributed by atoms with Crippen molar-refractivity contribution >= 4 is 40.5 Å². The lowest BCUT2D eigenvalue weighted by atomic mass is 10.1. The van der Waals surface area contributed by atoms with E-state index >= 15 is 0 Å². The first kappa shape index (κ1) is 12.2. The van der Waals surface area contributed by atoms with Crippen LogP contribution in [0.25, 0.3) is 10.8 Å². The van der Waals surface area contributed by atoms with Gasteiger partial charge in [-0.2, -0.15) is 0 Å². The Hall–Kier alpha value is -2.83. The molecule has 0 aliphatic carbocycles. The highest BCUT2D eigenvalue weighted by Gasteiger charge is 2.24. The topological polar surface area (TPSA) is 97.5 Å². The second-order valence-corrected chi connectivity index (χ2v) is 4.35. The van der Waals surface area contributed by atoms with E-state index in [2.05, 4.69) is 10.3 Å². The molecule has 1 fully saturated rings. The Morgan fingerprint density at radius 1 is 1.40 bits per heavy atom. The van der Waals surface area contributed by atoms with E-state index in [0.29, 0.717) is 36.8 Å². The number of rotatable bonds is 3. The van der Waals surface area contributed by atoms with E-state index < -0.39 is 0 Å². The Morgan fingerprint density at radius 2 is 2.25 bits per heavy atom. The van der Waals surface area contributed by atoms with Crippen molar-refractivity contribution in [3.63, 3.8) is 0 Å². The van der Waals surface area contributed by atoms with Crippen molar-refractivity contribution in [2.45, 2.75) is 0 Å². The van der Waals surface area contributed by atoms with E-state index in [-0.39, 0.29) is 6.09 Å². The third-order valence-electron chi connectivity index (χ3n) is 3.13. The van der Waals surface area contributed by atoms with Crippen molar-refractivity contribution in [2.24, 2.45) is 0 Å². The van der Waals surface area contributed by atoms with Crippen LogP contribution < -0.4 is 16.0 Å². The zero-order valence-corrected chi connectivity index (χ0v) is 10.5. The number of ether oxygens (including phenoxy) is 1. The number of nitrogen functional groups attached to an aromatic ring is 1. The molecule has 7 heteroatoms. The quantitative estimate of drug-likeness (QED) is 0.649. The van der Waals surface area contributed by atoms with Gasteiger partial charge in [0.2, 0.25) is 6.41 Å². The molecule has 0 radical (unpaired) electrons. The number of hydrogen-bond acceptors (Lipinski definition) is 5. The molecule has 0 spiro atoms. The number of fused-ring (bicyclic) bond motifs is 1. The lowest BCUT2D eigenvalue weighted by Gasteiger charge is -2.15. The molecule has 7 nitrogen and oxygen atoms in total. The van der Waals surface area contributed by atoms with Crippen LogP contribution in [-0.4, -0.2) is 30.6 Å². The monoisotopic (exact) mass is 272 g/mol. The van der Waals surface area contributed by atoms with Gasteiger partial charge in [0.1, 0.15) is 12.4 Å². The third kappa shape index (κ3) is 1.99. The van der Waals surface area contributed by atoms with Gasteiger partial charge in [-0.3, -0.25) is 9.69 Å². The fraction of sp³-hybridized carbons (Fsp3) is 0.154. The van der Waals surface area contributed by atoms with Gasteiger partial charge in [-0.1, -0.05) is 0 Å². The van der Waals surface area contributed by atoms with Crippen LogP contribution in [0.4, 0.5) is 22.0 Å². The van der Waals surface area contributed by atoms with Crippen molar-refractivity contribution < 1.29 is 14.3 Å². The van der Waals surface area contributed by atoms with Gasteiger partial charge >= 0.3 is 6.09 Å². The van der Waals surface area contributed by atoms with E-state index in [4.69, 9.17) is 10.5 Å². The molecule has 0 bridgehead atoms. The zero-order chi connectivity index (χ0) is 14.1. The highest BCUT2D eigenvalue weighted by Crippen LogP contribution is 2.30. The van der Waals surface area contributed by atoms with Crippen molar-refractivity contribution in [2.75, 3.05) is 29.1 Å². The van der Waals surface area contributed by atoms with Crippen LogP contribution in [0.1, 0.15) is 0 Å². The Kier molecular flexibility index (Phi) is 2.86. The van der Waals surface area contributed by atoms with Gasteiger partial charge in [0.25, 0.3) is 0 Å². The highest BCUT2D eigenvalue weighted by molar-refractivity contribution is 6.00. The second kappa shape index (κ2) is 4.69. The van der Waals surface area contributed by atoms with Gasteiger partial charge in [0, 0.05) is 23.0 Å². The van der Waals surface area contributed by atoms with E-state index in [9.17, 15) is 9.59 Å². The largest absolute Gasteiger partial charge is 0.447 e. The molecule has 1 aromatic heterocycles. The molecule has 1 aromatic carbocycles. The van der Waals surface area contributed by atoms with Crippen molar-refractivity contribution in [1.29, 1.82) is 0 Å². The first-order chi connectivity index (χ1) is 9.69. The maximum absolute atomic E-state index is 11.6. The van der Waals surface area contributed by atoms with Crippen molar-refractivity contribution in [1.82, 2.24) is 4.98 Å². The maximum atomic E-state index is 11.6. The minimum atomic E-state index is -0.385. The summed E-state index contributed by atoms with van der Waals surface area (Å²) in [6, 6.07) is 5.23.